The Kier molecular flexibility index (Phi) is 7.68. The van der Waals surface area contributed by atoms with Gasteiger partial charge in [0.2, 0.25) is 0 Å². The predicted octanol–water partition coefficient (Wildman–Crippen LogP) is 1.07. The van der Waals surface area contributed by atoms with E-state index in [1.165, 1.54) is 0 Å². The maximum atomic E-state index is 12.5. The summed E-state index contributed by atoms with van der Waals surface area (Å²) in [5.41, 5.74) is 0.501. The van der Waals surface area contributed by atoms with Crippen molar-refractivity contribution in [3.05, 3.63) is 18.0 Å². The van der Waals surface area contributed by atoms with Crippen molar-refractivity contribution in [2.24, 2.45) is 0 Å². The van der Waals surface area contributed by atoms with Crippen LogP contribution in [0.25, 0.3) is 0 Å². The van der Waals surface area contributed by atoms with Crippen molar-refractivity contribution in [2.75, 3.05) is 39.4 Å². The van der Waals surface area contributed by atoms with Gasteiger partial charge in [0.15, 0.2) is 0 Å². The summed E-state index contributed by atoms with van der Waals surface area (Å²) in [6.45, 7) is 9.59. The first-order valence-electron chi connectivity index (χ1n) is 9.03. The first-order valence-corrected chi connectivity index (χ1v) is 9.03. The van der Waals surface area contributed by atoms with Gasteiger partial charge in [0.25, 0.3) is 5.91 Å². The summed E-state index contributed by atoms with van der Waals surface area (Å²) in [6, 6.07) is 2.51. The minimum atomic E-state index is -0.0925. The van der Waals surface area contributed by atoms with Crippen LogP contribution in [0.1, 0.15) is 43.2 Å². The molecule has 0 saturated carbocycles. The second kappa shape index (κ2) is 9.52. The van der Waals surface area contributed by atoms with Gasteiger partial charge in [-0.1, -0.05) is 0 Å². The topological polar surface area (TPSA) is 71.4 Å². The fourth-order valence-corrected chi connectivity index (χ4v) is 3.42. The van der Waals surface area contributed by atoms with Gasteiger partial charge in [-0.3, -0.25) is 14.4 Å². The highest BCUT2D eigenvalue weighted by atomic mass is 35.5. The molecule has 2 N–H and O–H groups in total. The van der Waals surface area contributed by atoms with Gasteiger partial charge in [-0.2, -0.15) is 5.10 Å². The Morgan fingerprint density at radius 3 is 2.84 bits per heavy atom. The van der Waals surface area contributed by atoms with Crippen LogP contribution in [-0.2, 0) is 4.74 Å². The number of nitrogens with zero attached hydrogens (tertiary/aromatic N) is 3. The zero-order valence-corrected chi connectivity index (χ0v) is 15.9. The highest BCUT2D eigenvalue weighted by Crippen LogP contribution is 2.16. The van der Waals surface area contributed by atoms with Gasteiger partial charge in [-0.25, -0.2) is 0 Å². The molecule has 25 heavy (non-hydrogen) atoms. The molecule has 0 aromatic carbocycles. The number of piperidine rings is 1. The number of carbonyl (C=O) groups is 1. The molecule has 3 unspecified atom stereocenters. The predicted molar refractivity (Wildman–Crippen MR) is 99.4 cm³/mol. The number of hydrogen-bond acceptors (Lipinski definition) is 5. The first kappa shape index (κ1) is 20.2. The van der Waals surface area contributed by atoms with Crippen LogP contribution in [0, 0.1) is 0 Å². The van der Waals surface area contributed by atoms with Crippen LogP contribution in [0.15, 0.2) is 12.3 Å². The van der Waals surface area contributed by atoms with Crippen LogP contribution in [0.2, 0.25) is 0 Å². The summed E-state index contributed by atoms with van der Waals surface area (Å²) in [5.74, 6) is -0.0925. The molecule has 3 rings (SSSR count). The highest BCUT2D eigenvalue weighted by Gasteiger charge is 2.24. The number of halogens is 1. The molecule has 1 amide bonds. The number of rotatable bonds is 5. The molecule has 0 aliphatic carbocycles. The van der Waals surface area contributed by atoms with E-state index < -0.39 is 0 Å². The van der Waals surface area contributed by atoms with E-state index in [0.717, 1.165) is 52.2 Å². The van der Waals surface area contributed by atoms with Gasteiger partial charge in [0.05, 0.1) is 19.3 Å². The van der Waals surface area contributed by atoms with E-state index in [2.05, 4.69) is 34.5 Å². The molecular formula is C17H30ClN5O2. The van der Waals surface area contributed by atoms with Crippen LogP contribution in [0.5, 0.6) is 0 Å². The zero-order chi connectivity index (χ0) is 16.9. The van der Waals surface area contributed by atoms with Gasteiger partial charge < -0.3 is 15.4 Å². The fourth-order valence-electron chi connectivity index (χ4n) is 3.42. The molecule has 7 nitrogen and oxygen atoms in total. The van der Waals surface area contributed by atoms with Gasteiger partial charge in [0.1, 0.15) is 5.69 Å². The monoisotopic (exact) mass is 371 g/mol. The molecular weight excluding hydrogens is 342 g/mol. The highest BCUT2D eigenvalue weighted by molar-refractivity contribution is 5.92. The average molecular weight is 372 g/mol. The third-order valence-electron chi connectivity index (χ3n) is 5.19. The largest absolute Gasteiger partial charge is 0.379 e. The lowest BCUT2D eigenvalue weighted by Crippen LogP contribution is -2.52. The number of morpholine rings is 1. The Bertz CT molecular complexity index is 541. The van der Waals surface area contributed by atoms with E-state index in [1.807, 2.05) is 16.9 Å². The maximum Gasteiger partial charge on any atom is 0.272 e. The van der Waals surface area contributed by atoms with Crippen molar-refractivity contribution in [1.29, 1.82) is 0 Å². The Balaban J connectivity index is 0.00000225. The molecule has 142 valence electrons. The van der Waals surface area contributed by atoms with E-state index >= 15 is 0 Å². The summed E-state index contributed by atoms with van der Waals surface area (Å²) in [6.07, 6.45) is 4.18. The molecule has 3 atom stereocenters. The molecule has 1 aromatic heterocycles. The van der Waals surface area contributed by atoms with Crippen LogP contribution in [0.4, 0.5) is 0 Å². The Morgan fingerprint density at radius 1 is 1.40 bits per heavy atom. The number of hydrogen-bond donors (Lipinski definition) is 2. The first-order chi connectivity index (χ1) is 11.6. The molecule has 8 heteroatoms. The number of nitrogens with one attached hydrogen (secondary N) is 2. The van der Waals surface area contributed by atoms with Crippen LogP contribution in [-0.4, -0.2) is 72.1 Å². The lowest BCUT2D eigenvalue weighted by molar-refractivity contribution is 0.0137. The van der Waals surface area contributed by atoms with E-state index in [1.54, 1.807) is 0 Å². The zero-order valence-electron chi connectivity index (χ0n) is 15.1. The van der Waals surface area contributed by atoms with Crippen molar-refractivity contribution < 1.29 is 9.53 Å². The molecule has 2 aliphatic rings. The molecule has 1 aromatic rings. The third kappa shape index (κ3) is 5.17. The molecule has 0 radical (unpaired) electrons. The maximum absolute atomic E-state index is 12.5. The fraction of sp³-hybridized carbons (Fsp3) is 0.765. The smallest absolute Gasteiger partial charge is 0.272 e. The van der Waals surface area contributed by atoms with Crippen molar-refractivity contribution in [3.63, 3.8) is 0 Å². The summed E-state index contributed by atoms with van der Waals surface area (Å²) >= 11 is 0. The summed E-state index contributed by atoms with van der Waals surface area (Å²) in [5, 5.41) is 11.0. The summed E-state index contributed by atoms with van der Waals surface area (Å²) in [7, 11) is 0. The summed E-state index contributed by atoms with van der Waals surface area (Å²) in [4.78, 5) is 14.9. The minimum absolute atomic E-state index is 0. The van der Waals surface area contributed by atoms with Gasteiger partial charge in [-0.05, 0) is 39.3 Å². The molecule has 2 saturated heterocycles. The van der Waals surface area contributed by atoms with Crippen molar-refractivity contribution in [1.82, 2.24) is 25.3 Å². The van der Waals surface area contributed by atoms with Crippen molar-refractivity contribution in [2.45, 2.75) is 44.8 Å². The Hall–Kier alpha value is -1.15. The van der Waals surface area contributed by atoms with Gasteiger partial charge in [-0.15, -0.1) is 12.4 Å². The standard InChI is InChI=1S/C17H29N5O2.ClH/c1-13(14(2)21-8-10-24-11-9-21)19-17(23)16-5-7-22(20-16)15-4-3-6-18-12-15;/h5,7,13-15,18H,3-4,6,8-12H2,1-2H3,(H,19,23);1H. The number of carbonyl (C=O) groups excluding carboxylic acids is 1. The molecule has 2 aliphatic heterocycles. The van der Waals surface area contributed by atoms with Crippen LogP contribution >= 0.6 is 12.4 Å². The van der Waals surface area contributed by atoms with Crippen molar-refractivity contribution in [3.8, 4) is 0 Å². The lowest BCUT2D eigenvalue weighted by Gasteiger charge is -2.35. The SMILES string of the molecule is CC(NC(=O)c1ccn(C2CCCNC2)n1)C(C)N1CCOCC1.Cl. The van der Waals surface area contributed by atoms with Crippen LogP contribution < -0.4 is 10.6 Å². The Labute approximate surface area is 155 Å². The van der Waals surface area contributed by atoms with E-state index in [0.29, 0.717) is 11.7 Å². The van der Waals surface area contributed by atoms with E-state index in [-0.39, 0.29) is 30.4 Å². The second-order valence-corrected chi connectivity index (χ2v) is 6.83. The van der Waals surface area contributed by atoms with Crippen molar-refractivity contribution >= 4 is 18.3 Å². The Morgan fingerprint density at radius 2 is 2.16 bits per heavy atom. The second-order valence-electron chi connectivity index (χ2n) is 6.83. The minimum Gasteiger partial charge on any atom is -0.379 e. The molecule has 3 heterocycles. The molecule has 0 spiro atoms. The molecule has 0 bridgehead atoms. The van der Waals surface area contributed by atoms with Gasteiger partial charge >= 0.3 is 0 Å². The quantitative estimate of drug-likeness (QED) is 0.810. The molecule has 2 fully saturated rings. The van der Waals surface area contributed by atoms with E-state index in [4.69, 9.17) is 4.74 Å². The van der Waals surface area contributed by atoms with E-state index in [9.17, 15) is 4.79 Å². The van der Waals surface area contributed by atoms with Gasteiger partial charge in [0, 0.05) is 37.9 Å². The average Bonchev–Trinajstić information content (AvgIpc) is 3.13. The normalized spacial score (nSPS) is 24.2. The number of aromatic nitrogens is 2. The number of ether oxygens (including phenoxy) is 1. The lowest BCUT2D eigenvalue weighted by atomic mass is 10.1. The van der Waals surface area contributed by atoms with Crippen LogP contribution in [0.3, 0.4) is 0 Å². The number of amides is 1. The third-order valence-corrected chi connectivity index (χ3v) is 5.19. The summed E-state index contributed by atoms with van der Waals surface area (Å²) < 4.78 is 7.32.